The van der Waals surface area contributed by atoms with Crippen molar-refractivity contribution in [2.45, 2.75) is 11.7 Å². The summed E-state index contributed by atoms with van der Waals surface area (Å²) in [6.45, 7) is 0.547. The molecule has 1 aliphatic heterocycles. The number of rotatable bonds is 2. The number of ether oxygens (including phenoxy) is 1. The normalized spacial score (nSPS) is 19.2. The molecule has 0 saturated carbocycles. The smallest absolute Gasteiger partial charge is 0.339 e. The van der Waals surface area contributed by atoms with Gasteiger partial charge >= 0.3 is 5.97 Å². The Morgan fingerprint density at radius 3 is 2.83 bits per heavy atom. The quantitative estimate of drug-likeness (QED) is 0.668. The summed E-state index contributed by atoms with van der Waals surface area (Å²) in [6.07, 6.45) is 0.415. The third-order valence-electron chi connectivity index (χ3n) is 2.78. The third-order valence-corrected chi connectivity index (χ3v) is 3.96. The van der Waals surface area contributed by atoms with E-state index in [-0.39, 0.29) is 11.2 Å². The van der Waals surface area contributed by atoms with Crippen LogP contribution in [0.4, 0.5) is 5.69 Å². The number of halogens is 1. The maximum Gasteiger partial charge on any atom is 0.339 e. The van der Waals surface area contributed by atoms with Crippen LogP contribution >= 0.6 is 28.6 Å². The summed E-state index contributed by atoms with van der Waals surface area (Å²) < 4.78 is 5.27. The zero-order valence-electron chi connectivity index (χ0n) is 9.72. The van der Waals surface area contributed by atoms with E-state index in [0.29, 0.717) is 28.7 Å². The highest BCUT2D eigenvalue weighted by Gasteiger charge is 2.30. The van der Waals surface area contributed by atoms with E-state index in [1.807, 2.05) is 0 Å². The minimum Gasteiger partial charge on any atom is -0.465 e. The van der Waals surface area contributed by atoms with E-state index in [1.165, 1.54) is 7.11 Å². The predicted octanol–water partition coefficient (Wildman–Crippen LogP) is 2.27. The molecule has 0 bridgehead atoms. The molecule has 0 spiro atoms. The van der Waals surface area contributed by atoms with E-state index in [4.69, 9.17) is 4.74 Å². The van der Waals surface area contributed by atoms with E-state index in [2.05, 4.69) is 28.6 Å². The monoisotopic (exact) mass is 329 g/mol. The Balaban J connectivity index is 2.40. The summed E-state index contributed by atoms with van der Waals surface area (Å²) >= 11 is 7.67. The molecule has 1 aromatic carbocycles. The summed E-state index contributed by atoms with van der Waals surface area (Å²) in [5, 5.41) is 0.0335. The summed E-state index contributed by atoms with van der Waals surface area (Å²) in [5.41, 5.74) is 1.09. The molecule has 6 heteroatoms. The van der Waals surface area contributed by atoms with Crippen molar-refractivity contribution >= 4 is 46.1 Å². The Bertz CT molecular complexity index is 506. The minimum atomic E-state index is -0.433. The Kier molecular flexibility index (Phi) is 3.97. The number of hydrogen-bond acceptors (Lipinski definition) is 4. The zero-order valence-corrected chi connectivity index (χ0v) is 12.2. The van der Waals surface area contributed by atoms with Gasteiger partial charge in [0, 0.05) is 18.2 Å². The maximum absolute atomic E-state index is 11.8. The average molecular weight is 330 g/mol. The lowest BCUT2D eigenvalue weighted by Crippen LogP contribution is -2.25. The van der Waals surface area contributed by atoms with E-state index in [1.54, 1.807) is 23.1 Å². The van der Waals surface area contributed by atoms with Crippen LogP contribution in [0.25, 0.3) is 0 Å². The molecule has 0 aromatic heterocycles. The van der Waals surface area contributed by atoms with Crippen LogP contribution in [-0.2, 0) is 9.53 Å². The number of esters is 1. The Morgan fingerprint density at radius 2 is 2.28 bits per heavy atom. The highest BCUT2D eigenvalue weighted by Crippen LogP contribution is 2.33. The van der Waals surface area contributed by atoms with Gasteiger partial charge in [0.2, 0.25) is 5.91 Å². The molecular weight excluding hydrogens is 318 g/mol. The molecular formula is C12H12BrNO3S. The van der Waals surface area contributed by atoms with Crippen LogP contribution in [0.1, 0.15) is 16.8 Å². The lowest BCUT2D eigenvalue weighted by molar-refractivity contribution is -0.117. The van der Waals surface area contributed by atoms with Crippen LogP contribution in [0.15, 0.2) is 22.7 Å². The number of methoxy groups -OCH3 is 1. The highest BCUT2D eigenvalue weighted by atomic mass is 79.9. The summed E-state index contributed by atoms with van der Waals surface area (Å²) in [6, 6.07) is 5.17. The Labute approximate surface area is 119 Å². The fourth-order valence-corrected chi connectivity index (χ4v) is 2.88. The van der Waals surface area contributed by atoms with Gasteiger partial charge in [-0.25, -0.2) is 4.79 Å². The van der Waals surface area contributed by atoms with Crippen LogP contribution in [0.3, 0.4) is 0 Å². The summed E-state index contributed by atoms with van der Waals surface area (Å²) in [4.78, 5) is 25.0. The molecule has 18 heavy (non-hydrogen) atoms. The van der Waals surface area contributed by atoms with Crippen LogP contribution in [0.2, 0.25) is 0 Å². The van der Waals surface area contributed by atoms with E-state index in [9.17, 15) is 9.59 Å². The van der Waals surface area contributed by atoms with Gasteiger partial charge in [0.1, 0.15) is 0 Å². The molecule has 1 aromatic rings. The number of anilines is 1. The van der Waals surface area contributed by atoms with Crippen molar-refractivity contribution in [3.63, 3.8) is 0 Å². The van der Waals surface area contributed by atoms with Gasteiger partial charge in [-0.3, -0.25) is 4.79 Å². The zero-order chi connectivity index (χ0) is 13.3. The number of nitrogens with zero attached hydrogens (tertiary/aromatic N) is 1. The molecule has 1 atom stereocenters. The minimum absolute atomic E-state index is 0.0118. The molecule has 1 amide bonds. The van der Waals surface area contributed by atoms with Gasteiger partial charge in [0.05, 0.1) is 22.8 Å². The Morgan fingerprint density at radius 1 is 1.56 bits per heavy atom. The largest absolute Gasteiger partial charge is 0.465 e. The van der Waals surface area contributed by atoms with Crippen LogP contribution in [0, 0.1) is 0 Å². The standard InChI is InChI=1S/C12H12BrNO3S/c1-17-12(16)8-3-2-4-9(11(8)13)14-6-7(18)5-10(14)15/h2-4,7,18H,5-6H2,1H3. The first-order chi connectivity index (χ1) is 8.54. The first kappa shape index (κ1) is 13.4. The summed E-state index contributed by atoms with van der Waals surface area (Å²) in [7, 11) is 1.33. The molecule has 0 radical (unpaired) electrons. The van der Waals surface area contributed by atoms with Gasteiger partial charge in [0.15, 0.2) is 0 Å². The molecule has 1 fully saturated rings. The van der Waals surface area contributed by atoms with Crippen molar-refractivity contribution in [2.24, 2.45) is 0 Å². The number of carbonyl (C=O) groups is 2. The van der Waals surface area contributed by atoms with Crippen molar-refractivity contribution in [3.05, 3.63) is 28.2 Å². The lowest BCUT2D eigenvalue weighted by Gasteiger charge is -2.19. The molecule has 96 valence electrons. The van der Waals surface area contributed by atoms with Gasteiger partial charge in [-0.15, -0.1) is 0 Å². The fourth-order valence-electron chi connectivity index (χ4n) is 1.92. The number of carbonyl (C=O) groups excluding carboxylic acids is 2. The molecule has 1 aliphatic rings. The third kappa shape index (κ3) is 2.40. The Hall–Kier alpha value is -1.01. The first-order valence-electron chi connectivity index (χ1n) is 5.40. The number of amides is 1. The second-order valence-electron chi connectivity index (χ2n) is 3.99. The first-order valence-corrected chi connectivity index (χ1v) is 6.70. The maximum atomic E-state index is 11.8. The summed E-state index contributed by atoms with van der Waals surface area (Å²) in [5.74, 6) is -0.421. The van der Waals surface area contributed by atoms with Crippen molar-refractivity contribution in [1.29, 1.82) is 0 Å². The second kappa shape index (κ2) is 5.32. The van der Waals surface area contributed by atoms with Crippen LogP contribution < -0.4 is 4.90 Å². The molecule has 0 aliphatic carbocycles. The number of benzene rings is 1. The van der Waals surface area contributed by atoms with Crippen LogP contribution in [-0.4, -0.2) is 30.8 Å². The average Bonchev–Trinajstić information content (AvgIpc) is 2.68. The van der Waals surface area contributed by atoms with E-state index >= 15 is 0 Å². The predicted molar refractivity (Wildman–Crippen MR) is 75.2 cm³/mol. The van der Waals surface area contributed by atoms with Crippen LogP contribution in [0.5, 0.6) is 0 Å². The second-order valence-corrected chi connectivity index (χ2v) is 5.52. The van der Waals surface area contributed by atoms with Crippen molar-refractivity contribution in [1.82, 2.24) is 0 Å². The highest BCUT2D eigenvalue weighted by molar-refractivity contribution is 9.10. The van der Waals surface area contributed by atoms with Gasteiger partial charge in [-0.1, -0.05) is 6.07 Å². The van der Waals surface area contributed by atoms with Gasteiger partial charge in [0.25, 0.3) is 0 Å². The molecule has 4 nitrogen and oxygen atoms in total. The van der Waals surface area contributed by atoms with E-state index in [0.717, 1.165) is 0 Å². The van der Waals surface area contributed by atoms with Crippen molar-refractivity contribution in [3.8, 4) is 0 Å². The fraction of sp³-hybridized carbons (Fsp3) is 0.333. The van der Waals surface area contributed by atoms with Gasteiger partial charge < -0.3 is 9.64 Å². The topological polar surface area (TPSA) is 46.6 Å². The van der Waals surface area contributed by atoms with Gasteiger partial charge in [-0.05, 0) is 28.1 Å². The van der Waals surface area contributed by atoms with Crippen molar-refractivity contribution in [2.75, 3.05) is 18.6 Å². The number of hydrogen-bond donors (Lipinski definition) is 1. The SMILES string of the molecule is COC(=O)c1cccc(N2CC(S)CC2=O)c1Br. The van der Waals surface area contributed by atoms with Gasteiger partial charge in [-0.2, -0.15) is 12.6 Å². The molecule has 1 unspecified atom stereocenters. The molecule has 2 rings (SSSR count). The number of thiol groups is 1. The van der Waals surface area contributed by atoms with Crippen molar-refractivity contribution < 1.29 is 14.3 Å². The molecule has 1 saturated heterocycles. The lowest BCUT2D eigenvalue weighted by atomic mass is 10.2. The molecule has 0 N–H and O–H groups in total. The van der Waals surface area contributed by atoms with E-state index < -0.39 is 5.97 Å². The molecule has 1 heterocycles.